The summed E-state index contributed by atoms with van der Waals surface area (Å²) < 4.78 is 7.60. The molecule has 0 aliphatic carbocycles. The molecule has 1 N–H and O–H groups in total. The minimum absolute atomic E-state index is 0.483. The van der Waals surface area contributed by atoms with Crippen LogP contribution in [-0.4, -0.2) is 22.6 Å². The van der Waals surface area contributed by atoms with Crippen molar-refractivity contribution in [3.05, 3.63) is 47.7 Å². The number of imidazole rings is 1. The standard InChI is InChI=1S/C12H13N3O3/c1-2-18-12-5-3-10(4-6-12)15-9-14(17)8-11(15)7-13-16/h3-9,16H,2H2,1H3. The molecule has 18 heavy (non-hydrogen) atoms. The molecule has 0 aliphatic rings. The van der Waals surface area contributed by atoms with E-state index in [1.54, 1.807) is 4.57 Å². The van der Waals surface area contributed by atoms with E-state index in [1.807, 2.05) is 31.2 Å². The van der Waals surface area contributed by atoms with Crippen LogP contribution in [0.4, 0.5) is 0 Å². The zero-order valence-electron chi connectivity index (χ0n) is 9.85. The maximum atomic E-state index is 11.3. The Balaban J connectivity index is 2.35. The van der Waals surface area contributed by atoms with Crippen molar-refractivity contribution in [3.63, 3.8) is 0 Å². The Morgan fingerprint density at radius 3 is 2.78 bits per heavy atom. The second-order valence-electron chi connectivity index (χ2n) is 3.57. The first-order valence-corrected chi connectivity index (χ1v) is 5.46. The molecule has 2 aromatic rings. The van der Waals surface area contributed by atoms with Gasteiger partial charge in [0, 0.05) is 0 Å². The van der Waals surface area contributed by atoms with Crippen LogP contribution in [0.1, 0.15) is 12.6 Å². The molecule has 0 saturated carbocycles. The molecule has 0 atom stereocenters. The van der Waals surface area contributed by atoms with E-state index in [9.17, 15) is 5.21 Å². The second-order valence-corrected chi connectivity index (χ2v) is 3.57. The van der Waals surface area contributed by atoms with Crippen molar-refractivity contribution in [3.8, 4) is 11.4 Å². The van der Waals surface area contributed by atoms with Crippen molar-refractivity contribution in [1.29, 1.82) is 0 Å². The van der Waals surface area contributed by atoms with Crippen LogP contribution >= 0.6 is 0 Å². The summed E-state index contributed by atoms with van der Waals surface area (Å²) in [5.41, 5.74) is 1.26. The number of nitrogens with zero attached hydrogens (tertiary/aromatic N) is 3. The van der Waals surface area contributed by atoms with E-state index in [-0.39, 0.29) is 0 Å². The molecular formula is C12H13N3O3. The molecule has 2 rings (SSSR count). The highest BCUT2D eigenvalue weighted by Crippen LogP contribution is 2.16. The Morgan fingerprint density at radius 2 is 2.17 bits per heavy atom. The summed E-state index contributed by atoms with van der Waals surface area (Å²) >= 11 is 0. The van der Waals surface area contributed by atoms with E-state index >= 15 is 0 Å². The van der Waals surface area contributed by atoms with Gasteiger partial charge in [0.15, 0.2) is 5.69 Å². The molecule has 0 saturated heterocycles. The highest BCUT2D eigenvalue weighted by atomic mass is 16.5. The topological polar surface area (TPSA) is 73.7 Å². The molecule has 1 aromatic heterocycles. The highest BCUT2D eigenvalue weighted by molar-refractivity contribution is 5.77. The van der Waals surface area contributed by atoms with Crippen LogP contribution in [0, 0.1) is 5.21 Å². The van der Waals surface area contributed by atoms with Crippen molar-refractivity contribution < 1.29 is 14.7 Å². The lowest BCUT2D eigenvalue weighted by molar-refractivity contribution is -0.604. The van der Waals surface area contributed by atoms with Crippen LogP contribution < -0.4 is 9.47 Å². The average molecular weight is 247 g/mol. The van der Waals surface area contributed by atoms with Gasteiger partial charge in [-0.15, -0.1) is 0 Å². The van der Waals surface area contributed by atoms with Crippen molar-refractivity contribution in [2.24, 2.45) is 5.16 Å². The maximum Gasteiger partial charge on any atom is 0.252 e. The highest BCUT2D eigenvalue weighted by Gasteiger charge is 2.11. The summed E-state index contributed by atoms with van der Waals surface area (Å²) in [7, 11) is 0. The molecule has 0 unspecified atom stereocenters. The molecule has 1 aromatic carbocycles. The summed E-state index contributed by atoms with van der Waals surface area (Å²) in [4.78, 5) is 0. The predicted octanol–water partition coefficient (Wildman–Crippen LogP) is 1.32. The number of oxime groups is 1. The maximum absolute atomic E-state index is 11.3. The van der Waals surface area contributed by atoms with Gasteiger partial charge in [-0.05, 0) is 31.2 Å². The normalized spacial score (nSPS) is 10.9. The van der Waals surface area contributed by atoms with Crippen molar-refractivity contribution in [2.45, 2.75) is 6.92 Å². The fourth-order valence-electron chi connectivity index (χ4n) is 1.65. The van der Waals surface area contributed by atoms with E-state index in [2.05, 4.69) is 5.16 Å². The molecule has 6 heteroatoms. The van der Waals surface area contributed by atoms with Gasteiger partial charge < -0.3 is 15.2 Å². The van der Waals surface area contributed by atoms with Crippen LogP contribution in [0.5, 0.6) is 5.75 Å². The Hall–Kier alpha value is -2.50. The number of hydrogen-bond donors (Lipinski definition) is 1. The number of ether oxygens (including phenoxy) is 1. The fourth-order valence-corrected chi connectivity index (χ4v) is 1.65. The zero-order valence-corrected chi connectivity index (χ0v) is 9.85. The Labute approximate surface area is 104 Å². The monoisotopic (exact) mass is 247 g/mol. The molecule has 6 nitrogen and oxygen atoms in total. The number of rotatable bonds is 4. The third kappa shape index (κ3) is 2.42. The number of aromatic nitrogens is 2. The van der Waals surface area contributed by atoms with E-state index < -0.39 is 0 Å². The lowest BCUT2D eigenvalue weighted by atomic mass is 10.3. The minimum atomic E-state index is 0.483. The first-order chi connectivity index (χ1) is 8.74. The van der Waals surface area contributed by atoms with E-state index in [4.69, 9.17) is 9.94 Å². The van der Waals surface area contributed by atoms with Crippen molar-refractivity contribution >= 4 is 6.21 Å². The third-order valence-corrected chi connectivity index (χ3v) is 2.38. The quantitative estimate of drug-likeness (QED) is 0.291. The Morgan fingerprint density at radius 1 is 1.44 bits per heavy atom. The largest absolute Gasteiger partial charge is 0.711 e. The average Bonchev–Trinajstić information content (AvgIpc) is 2.72. The predicted molar refractivity (Wildman–Crippen MR) is 65.3 cm³/mol. The van der Waals surface area contributed by atoms with Gasteiger partial charge in [0.2, 0.25) is 0 Å². The minimum Gasteiger partial charge on any atom is -0.711 e. The molecule has 0 fully saturated rings. The SMILES string of the molecule is CCOc1ccc(-n2c[n+]([O-])cc2C=NO)cc1. The van der Waals surface area contributed by atoms with Gasteiger partial charge in [0.25, 0.3) is 6.33 Å². The molecule has 0 radical (unpaired) electrons. The summed E-state index contributed by atoms with van der Waals surface area (Å²) in [6.07, 6.45) is 3.87. The molecule has 1 heterocycles. The molecular weight excluding hydrogens is 234 g/mol. The summed E-state index contributed by atoms with van der Waals surface area (Å²) in [5, 5.41) is 22.7. The van der Waals surface area contributed by atoms with Crippen LogP contribution in [0.2, 0.25) is 0 Å². The Bertz CT molecular complexity index is 546. The summed E-state index contributed by atoms with van der Waals surface area (Å²) in [6.45, 7) is 2.52. The van der Waals surface area contributed by atoms with E-state index in [0.717, 1.165) is 11.4 Å². The molecule has 94 valence electrons. The van der Waals surface area contributed by atoms with Gasteiger partial charge in [0.1, 0.15) is 23.8 Å². The zero-order chi connectivity index (χ0) is 13.0. The van der Waals surface area contributed by atoms with E-state index in [1.165, 1.54) is 18.7 Å². The van der Waals surface area contributed by atoms with Crippen LogP contribution in [0.3, 0.4) is 0 Å². The summed E-state index contributed by atoms with van der Waals surface area (Å²) in [6, 6.07) is 7.26. The smallest absolute Gasteiger partial charge is 0.252 e. The second kappa shape index (κ2) is 5.22. The van der Waals surface area contributed by atoms with E-state index in [0.29, 0.717) is 17.0 Å². The van der Waals surface area contributed by atoms with Gasteiger partial charge in [0.05, 0.1) is 6.61 Å². The first-order valence-electron chi connectivity index (χ1n) is 5.46. The van der Waals surface area contributed by atoms with Crippen LogP contribution in [0.15, 0.2) is 41.9 Å². The van der Waals surface area contributed by atoms with Gasteiger partial charge in [-0.1, -0.05) is 5.16 Å². The van der Waals surface area contributed by atoms with Gasteiger partial charge >= 0.3 is 0 Å². The van der Waals surface area contributed by atoms with Gasteiger partial charge in [-0.2, -0.15) is 4.57 Å². The molecule has 0 aliphatic heterocycles. The van der Waals surface area contributed by atoms with Gasteiger partial charge in [-0.3, -0.25) is 0 Å². The lowest BCUT2D eigenvalue weighted by Gasteiger charge is -2.03. The Kier molecular flexibility index (Phi) is 3.47. The van der Waals surface area contributed by atoms with Crippen LogP contribution in [-0.2, 0) is 0 Å². The van der Waals surface area contributed by atoms with Crippen molar-refractivity contribution in [1.82, 2.24) is 4.57 Å². The third-order valence-electron chi connectivity index (χ3n) is 2.38. The molecule has 0 amide bonds. The molecule has 0 bridgehead atoms. The number of hydrogen-bond acceptors (Lipinski definition) is 4. The lowest BCUT2D eigenvalue weighted by Crippen LogP contribution is -2.21. The number of benzene rings is 1. The summed E-state index contributed by atoms with van der Waals surface area (Å²) in [5.74, 6) is 0.765. The fraction of sp³-hybridized carbons (Fsp3) is 0.167. The van der Waals surface area contributed by atoms with Crippen LogP contribution in [0.25, 0.3) is 5.69 Å². The van der Waals surface area contributed by atoms with Gasteiger partial charge in [-0.25, -0.2) is 4.73 Å². The first kappa shape index (κ1) is 12.0. The van der Waals surface area contributed by atoms with Crippen molar-refractivity contribution in [2.75, 3.05) is 6.61 Å². The molecule has 0 spiro atoms.